The van der Waals surface area contributed by atoms with Crippen molar-refractivity contribution in [2.75, 3.05) is 10.6 Å². The average molecular weight is 335 g/mol. The van der Waals surface area contributed by atoms with Gasteiger partial charge < -0.3 is 10.6 Å². The minimum absolute atomic E-state index is 0.231. The van der Waals surface area contributed by atoms with Crippen molar-refractivity contribution >= 4 is 11.8 Å². The molecule has 0 spiro atoms. The van der Waals surface area contributed by atoms with E-state index in [2.05, 4.69) is 25.6 Å². The summed E-state index contributed by atoms with van der Waals surface area (Å²) in [7, 11) is 0. The zero-order chi connectivity index (χ0) is 17.1. The Balaban J connectivity index is 1.60. The Bertz CT molecular complexity index is 865. The Morgan fingerprint density at radius 3 is 2.60 bits per heavy atom. The van der Waals surface area contributed by atoms with Crippen LogP contribution in [0.4, 0.5) is 16.2 Å². The lowest BCUT2D eigenvalue weighted by molar-refractivity contribution is 0.613. The summed E-state index contributed by atoms with van der Waals surface area (Å²) in [5, 5.41) is 6.50. The molecule has 4 rings (SSSR count). The lowest BCUT2D eigenvalue weighted by Crippen LogP contribution is -2.09. The number of hydrogen-bond donors (Lipinski definition) is 2. The Kier molecular flexibility index (Phi) is 4.24. The molecule has 25 heavy (non-hydrogen) atoms. The maximum absolute atomic E-state index is 13.8. The van der Waals surface area contributed by atoms with Gasteiger partial charge in [-0.25, -0.2) is 9.37 Å². The van der Waals surface area contributed by atoms with Crippen molar-refractivity contribution in [3.8, 4) is 11.4 Å². The Morgan fingerprint density at radius 1 is 1.00 bits per heavy atom. The van der Waals surface area contributed by atoms with Gasteiger partial charge in [-0.05, 0) is 31.0 Å². The van der Waals surface area contributed by atoms with Crippen molar-refractivity contribution in [3.05, 3.63) is 66.1 Å². The van der Waals surface area contributed by atoms with Gasteiger partial charge in [0, 0.05) is 30.4 Å². The average Bonchev–Trinajstić information content (AvgIpc) is 3.46. The highest BCUT2D eigenvalue weighted by atomic mass is 19.1. The van der Waals surface area contributed by atoms with Crippen LogP contribution in [0, 0.1) is 5.82 Å². The van der Waals surface area contributed by atoms with Gasteiger partial charge in [0.15, 0.2) is 0 Å². The first-order valence-corrected chi connectivity index (χ1v) is 8.32. The van der Waals surface area contributed by atoms with E-state index in [1.54, 1.807) is 18.3 Å². The van der Waals surface area contributed by atoms with Crippen LogP contribution in [0.15, 0.2) is 54.7 Å². The van der Waals surface area contributed by atoms with E-state index in [9.17, 15) is 4.39 Å². The van der Waals surface area contributed by atoms with Crippen LogP contribution in [0.5, 0.6) is 0 Å². The topological polar surface area (TPSA) is 62.7 Å². The molecule has 1 saturated carbocycles. The van der Waals surface area contributed by atoms with Crippen molar-refractivity contribution in [3.63, 3.8) is 0 Å². The molecule has 1 aliphatic carbocycles. The molecule has 2 N–H and O–H groups in total. The molecule has 1 aromatic carbocycles. The van der Waals surface area contributed by atoms with Crippen LogP contribution < -0.4 is 10.6 Å². The number of pyridine rings is 1. The molecular weight excluding hydrogens is 317 g/mol. The largest absolute Gasteiger partial charge is 0.366 e. The molecule has 2 heterocycles. The Morgan fingerprint density at radius 2 is 1.84 bits per heavy atom. The molecule has 126 valence electrons. The summed E-state index contributed by atoms with van der Waals surface area (Å²) in [6.07, 6.45) is 4.00. The highest BCUT2D eigenvalue weighted by molar-refractivity contribution is 5.61. The molecular formula is C19H18FN5. The normalized spacial score (nSPS) is 13.5. The smallest absolute Gasteiger partial charge is 0.225 e. The molecule has 6 heteroatoms. The number of benzene rings is 1. The first-order valence-electron chi connectivity index (χ1n) is 8.32. The summed E-state index contributed by atoms with van der Waals surface area (Å²) in [5.41, 5.74) is 2.10. The second-order valence-corrected chi connectivity index (χ2v) is 6.04. The molecule has 0 atom stereocenters. The first-order chi connectivity index (χ1) is 12.3. The zero-order valence-corrected chi connectivity index (χ0v) is 13.6. The zero-order valence-electron chi connectivity index (χ0n) is 13.6. The minimum atomic E-state index is -0.231. The lowest BCUT2D eigenvalue weighted by atomic mass is 10.2. The Hall–Kier alpha value is -3.02. The van der Waals surface area contributed by atoms with E-state index in [4.69, 9.17) is 0 Å². The van der Waals surface area contributed by atoms with Gasteiger partial charge in [-0.1, -0.05) is 24.3 Å². The number of rotatable bonds is 6. The van der Waals surface area contributed by atoms with E-state index in [-0.39, 0.29) is 5.82 Å². The Labute approximate surface area is 145 Å². The molecule has 3 aromatic rings. The molecule has 1 aliphatic rings. The third-order valence-corrected chi connectivity index (χ3v) is 3.98. The molecule has 1 fully saturated rings. The first kappa shape index (κ1) is 15.5. The van der Waals surface area contributed by atoms with Crippen LogP contribution in [-0.4, -0.2) is 21.0 Å². The van der Waals surface area contributed by atoms with E-state index in [0.717, 1.165) is 24.2 Å². The summed E-state index contributed by atoms with van der Waals surface area (Å²) in [5.74, 6) is 0.981. The lowest BCUT2D eigenvalue weighted by Gasteiger charge is -2.11. The monoisotopic (exact) mass is 335 g/mol. The van der Waals surface area contributed by atoms with Crippen LogP contribution in [0.25, 0.3) is 11.4 Å². The van der Waals surface area contributed by atoms with Gasteiger partial charge in [0.1, 0.15) is 11.6 Å². The third kappa shape index (κ3) is 3.91. The van der Waals surface area contributed by atoms with Crippen LogP contribution in [0.1, 0.15) is 18.4 Å². The summed E-state index contributed by atoms with van der Waals surface area (Å²) in [6, 6.07) is 14.7. The van der Waals surface area contributed by atoms with Gasteiger partial charge in [0.05, 0.1) is 11.4 Å². The second kappa shape index (κ2) is 6.84. The highest BCUT2D eigenvalue weighted by Gasteiger charge is 2.22. The molecule has 0 radical (unpaired) electrons. The SMILES string of the molecule is Fc1ccccc1CNc1cc(-c2ccccn2)nc(NC2CC2)n1. The maximum atomic E-state index is 13.8. The van der Waals surface area contributed by atoms with E-state index in [1.807, 2.05) is 30.3 Å². The van der Waals surface area contributed by atoms with Crippen molar-refractivity contribution in [1.82, 2.24) is 15.0 Å². The van der Waals surface area contributed by atoms with Crippen molar-refractivity contribution < 1.29 is 4.39 Å². The number of halogens is 1. The fourth-order valence-corrected chi connectivity index (χ4v) is 2.49. The number of anilines is 2. The molecule has 0 amide bonds. The van der Waals surface area contributed by atoms with E-state index in [0.29, 0.717) is 29.9 Å². The van der Waals surface area contributed by atoms with E-state index in [1.165, 1.54) is 6.07 Å². The van der Waals surface area contributed by atoms with Gasteiger partial charge >= 0.3 is 0 Å². The molecule has 0 bridgehead atoms. The minimum Gasteiger partial charge on any atom is -0.366 e. The summed E-state index contributed by atoms with van der Waals surface area (Å²) in [4.78, 5) is 13.4. The molecule has 0 saturated heterocycles. The molecule has 0 unspecified atom stereocenters. The maximum Gasteiger partial charge on any atom is 0.225 e. The molecule has 0 aliphatic heterocycles. The summed E-state index contributed by atoms with van der Waals surface area (Å²) < 4.78 is 13.8. The van der Waals surface area contributed by atoms with Gasteiger partial charge in [-0.3, -0.25) is 4.98 Å². The number of nitrogens with zero attached hydrogens (tertiary/aromatic N) is 3. The van der Waals surface area contributed by atoms with E-state index >= 15 is 0 Å². The predicted octanol–water partition coefficient (Wildman–Crippen LogP) is 3.86. The highest BCUT2D eigenvalue weighted by Crippen LogP contribution is 2.26. The standard InChI is InChI=1S/C19H18FN5/c20-15-6-2-1-5-13(15)12-22-18-11-17(16-7-3-4-10-21-16)24-19(25-18)23-14-8-9-14/h1-7,10-11,14H,8-9,12H2,(H2,22,23,24,25). The number of aromatic nitrogens is 3. The van der Waals surface area contributed by atoms with Crippen molar-refractivity contribution in [2.45, 2.75) is 25.4 Å². The predicted molar refractivity (Wildman–Crippen MR) is 95.6 cm³/mol. The number of nitrogens with one attached hydrogen (secondary N) is 2. The second-order valence-electron chi connectivity index (χ2n) is 6.04. The van der Waals surface area contributed by atoms with E-state index < -0.39 is 0 Å². The van der Waals surface area contributed by atoms with Crippen LogP contribution in [0.3, 0.4) is 0 Å². The fourth-order valence-electron chi connectivity index (χ4n) is 2.49. The fraction of sp³-hybridized carbons (Fsp3) is 0.211. The van der Waals surface area contributed by atoms with Gasteiger partial charge in [-0.2, -0.15) is 4.98 Å². The third-order valence-electron chi connectivity index (χ3n) is 3.98. The van der Waals surface area contributed by atoms with Gasteiger partial charge in [0.2, 0.25) is 5.95 Å². The van der Waals surface area contributed by atoms with Crippen molar-refractivity contribution in [1.29, 1.82) is 0 Å². The molecule has 5 nitrogen and oxygen atoms in total. The van der Waals surface area contributed by atoms with Gasteiger partial charge in [0.25, 0.3) is 0 Å². The summed E-state index contributed by atoms with van der Waals surface area (Å²) >= 11 is 0. The quantitative estimate of drug-likeness (QED) is 0.716. The van der Waals surface area contributed by atoms with Crippen LogP contribution >= 0.6 is 0 Å². The van der Waals surface area contributed by atoms with Crippen LogP contribution in [-0.2, 0) is 6.54 Å². The van der Waals surface area contributed by atoms with Crippen molar-refractivity contribution in [2.24, 2.45) is 0 Å². The number of hydrogen-bond acceptors (Lipinski definition) is 5. The van der Waals surface area contributed by atoms with Gasteiger partial charge in [-0.15, -0.1) is 0 Å². The van der Waals surface area contributed by atoms with Crippen LogP contribution in [0.2, 0.25) is 0 Å². The summed E-state index contributed by atoms with van der Waals surface area (Å²) in [6.45, 7) is 0.355. The molecule has 2 aromatic heterocycles.